The summed E-state index contributed by atoms with van der Waals surface area (Å²) in [5.74, 6) is 0.182. The third-order valence-corrected chi connectivity index (χ3v) is 2.30. The van der Waals surface area contributed by atoms with Crippen molar-refractivity contribution >= 4 is 11.7 Å². The first-order valence-electron chi connectivity index (χ1n) is 4.48. The third kappa shape index (κ3) is 2.93. The molecule has 1 fully saturated rings. The van der Waals surface area contributed by atoms with Crippen LogP contribution in [0, 0.1) is 5.92 Å². The van der Waals surface area contributed by atoms with Gasteiger partial charge >= 0.3 is 0 Å². The summed E-state index contributed by atoms with van der Waals surface area (Å²) in [4.78, 5) is 11.4. The second-order valence-electron chi connectivity index (χ2n) is 3.29. The number of amidine groups is 1. The maximum atomic E-state index is 11.4. The van der Waals surface area contributed by atoms with Crippen molar-refractivity contribution < 1.29 is 10.0 Å². The zero-order chi connectivity index (χ0) is 9.68. The Hall–Kier alpha value is -1.26. The lowest BCUT2D eigenvalue weighted by Gasteiger charge is -2.08. The fourth-order valence-corrected chi connectivity index (χ4v) is 1.55. The van der Waals surface area contributed by atoms with Crippen LogP contribution in [-0.4, -0.2) is 23.5 Å². The second kappa shape index (κ2) is 4.69. The summed E-state index contributed by atoms with van der Waals surface area (Å²) in [6.45, 7) is 0.131. The van der Waals surface area contributed by atoms with Gasteiger partial charge in [-0.2, -0.15) is 0 Å². The average molecular weight is 185 g/mol. The van der Waals surface area contributed by atoms with Gasteiger partial charge in [0.2, 0.25) is 5.91 Å². The predicted octanol–water partition coefficient (Wildman–Crippen LogP) is 0.0392. The predicted molar refractivity (Wildman–Crippen MR) is 48.4 cm³/mol. The van der Waals surface area contributed by atoms with E-state index in [9.17, 15) is 4.79 Å². The van der Waals surface area contributed by atoms with Crippen molar-refractivity contribution in [2.75, 3.05) is 6.54 Å². The molecular formula is C8H15N3O2. The minimum atomic E-state index is 0.0177. The molecule has 13 heavy (non-hydrogen) atoms. The van der Waals surface area contributed by atoms with Crippen molar-refractivity contribution in [1.29, 1.82) is 0 Å². The monoisotopic (exact) mass is 185 g/mol. The lowest BCUT2D eigenvalue weighted by molar-refractivity contribution is -0.124. The number of amides is 1. The zero-order valence-electron chi connectivity index (χ0n) is 7.49. The molecule has 1 amide bonds. The molecule has 0 unspecified atom stereocenters. The topological polar surface area (TPSA) is 87.7 Å². The number of nitrogens with two attached hydrogens (primary N) is 1. The van der Waals surface area contributed by atoms with Crippen molar-refractivity contribution in [3.8, 4) is 0 Å². The Morgan fingerprint density at radius 1 is 1.54 bits per heavy atom. The molecule has 0 radical (unpaired) electrons. The summed E-state index contributed by atoms with van der Waals surface area (Å²) >= 11 is 0. The highest BCUT2D eigenvalue weighted by molar-refractivity contribution is 5.87. The summed E-state index contributed by atoms with van der Waals surface area (Å²) < 4.78 is 0. The van der Waals surface area contributed by atoms with Crippen molar-refractivity contribution in [3.63, 3.8) is 0 Å². The Kier molecular flexibility index (Phi) is 3.54. The van der Waals surface area contributed by atoms with Crippen LogP contribution in [0.3, 0.4) is 0 Å². The van der Waals surface area contributed by atoms with Crippen LogP contribution in [0.5, 0.6) is 0 Å². The number of carbonyl (C=O) groups is 1. The quantitative estimate of drug-likeness (QED) is 0.251. The van der Waals surface area contributed by atoms with Gasteiger partial charge in [-0.15, -0.1) is 0 Å². The van der Waals surface area contributed by atoms with Gasteiger partial charge in [0, 0.05) is 5.92 Å². The van der Waals surface area contributed by atoms with E-state index >= 15 is 0 Å². The van der Waals surface area contributed by atoms with E-state index in [-0.39, 0.29) is 24.2 Å². The number of hydrogen-bond donors (Lipinski definition) is 3. The molecule has 1 rings (SSSR count). The first kappa shape index (κ1) is 9.83. The standard InChI is InChI=1S/C8H15N3O2/c9-7(11-13)5-10-8(12)6-3-1-2-4-6/h6,13H,1-5H2,(H2,9,11)(H,10,12). The molecule has 0 aromatic heterocycles. The minimum absolute atomic E-state index is 0.0177. The van der Waals surface area contributed by atoms with Crippen LogP contribution in [0.1, 0.15) is 25.7 Å². The molecule has 0 saturated heterocycles. The Bertz CT molecular complexity index is 209. The van der Waals surface area contributed by atoms with Gasteiger partial charge in [0.25, 0.3) is 0 Å². The highest BCUT2D eigenvalue weighted by Gasteiger charge is 2.22. The highest BCUT2D eigenvalue weighted by atomic mass is 16.4. The van der Waals surface area contributed by atoms with E-state index in [0.29, 0.717) is 0 Å². The number of nitrogens with one attached hydrogen (secondary N) is 1. The Labute approximate surface area is 77.0 Å². The Morgan fingerprint density at radius 2 is 2.15 bits per heavy atom. The first-order valence-corrected chi connectivity index (χ1v) is 4.48. The molecule has 0 spiro atoms. The van der Waals surface area contributed by atoms with Crippen LogP contribution in [0.25, 0.3) is 0 Å². The van der Waals surface area contributed by atoms with Gasteiger partial charge in [-0.3, -0.25) is 4.79 Å². The van der Waals surface area contributed by atoms with E-state index in [1.807, 2.05) is 0 Å². The molecule has 0 bridgehead atoms. The van der Waals surface area contributed by atoms with E-state index in [0.717, 1.165) is 25.7 Å². The maximum absolute atomic E-state index is 11.4. The van der Waals surface area contributed by atoms with Gasteiger partial charge in [-0.1, -0.05) is 18.0 Å². The van der Waals surface area contributed by atoms with Crippen LogP contribution in [0.15, 0.2) is 5.16 Å². The molecule has 0 heterocycles. The van der Waals surface area contributed by atoms with Crippen LogP contribution >= 0.6 is 0 Å². The molecule has 4 N–H and O–H groups in total. The summed E-state index contributed by atoms with van der Waals surface area (Å²) in [5.41, 5.74) is 5.21. The summed E-state index contributed by atoms with van der Waals surface area (Å²) in [5, 5.41) is 13.6. The van der Waals surface area contributed by atoms with Crippen molar-refractivity contribution in [2.45, 2.75) is 25.7 Å². The Balaban J connectivity index is 2.24. The molecule has 0 atom stereocenters. The summed E-state index contributed by atoms with van der Waals surface area (Å²) in [7, 11) is 0. The van der Waals surface area contributed by atoms with E-state index in [4.69, 9.17) is 10.9 Å². The fraction of sp³-hybridized carbons (Fsp3) is 0.750. The van der Waals surface area contributed by atoms with E-state index in [1.54, 1.807) is 0 Å². The molecule has 0 aromatic carbocycles. The van der Waals surface area contributed by atoms with Crippen molar-refractivity contribution in [1.82, 2.24) is 5.32 Å². The minimum Gasteiger partial charge on any atom is -0.409 e. The van der Waals surface area contributed by atoms with Crippen molar-refractivity contribution in [2.24, 2.45) is 16.8 Å². The number of oxime groups is 1. The highest BCUT2D eigenvalue weighted by Crippen LogP contribution is 2.24. The third-order valence-electron chi connectivity index (χ3n) is 2.30. The number of nitrogens with zero attached hydrogens (tertiary/aromatic N) is 1. The van der Waals surface area contributed by atoms with Gasteiger partial charge in [0.1, 0.15) is 0 Å². The fourth-order valence-electron chi connectivity index (χ4n) is 1.55. The molecule has 5 heteroatoms. The van der Waals surface area contributed by atoms with E-state index < -0.39 is 0 Å². The normalized spacial score (nSPS) is 18.9. The van der Waals surface area contributed by atoms with Crippen LogP contribution in [0.2, 0.25) is 0 Å². The SMILES string of the molecule is N/C(CNC(=O)C1CCCC1)=N\O. The summed E-state index contributed by atoms with van der Waals surface area (Å²) in [6, 6.07) is 0. The molecule has 0 aliphatic heterocycles. The Morgan fingerprint density at radius 3 is 2.69 bits per heavy atom. The van der Waals surface area contributed by atoms with Crippen LogP contribution in [-0.2, 0) is 4.79 Å². The molecule has 5 nitrogen and oxygen atoms in total. The lowest BCUT2D eigenvalue weighted by Crippen LogP contribution is -2.36. The average Bonchev–Trinajstić information content (AvgIpc) is 2.66. The maximum Gasteiger partial charge on any atom is 0.223 e. The van der Waals surface area contributed by atoms with Gasteiger partial charge in [0.05, 0.1) is 6.54 Å². The van der Waals surface area contributed by atoms with Gasteiger partial charge in [-0.05, 0) is 12.8 Å². The molecule has 0 aromatic rings. The van der Waals surface area contributed by atoms with E-state index in [2.05, 4.69) is 10.5 Å². The van der Waals surface area contributed by atoms with Crippen molar-refractivity contribution in [3.05, 3.63) is 0 Å². The van der Waals surface area contributed by atoms with Gasteiger partial charge in [0.15, 0.2) is 5.84 Å². The van der Waals surface area contributed by atoms with Gasteiger partial charge < -0.3 is 16.3 Å². The zero-order valence-corrected chi connectivity index (χ0v) is 7.49. The molecule has 1 saturated carbocycles. The largest absolute Gasteiger partial charge is 0.409 e. The number of carbonyl (C=O) groups excluding carboxylic acids is 1. The van der Waals surface area contributed by atoms with Gasteiger partial charge in [-0.25, -0.2) is 0 Å². The number of rotatable bonds is 3. The smallest absolute Gasteiger partial charge is 0.223 e. The second-order valence-corrected chi connectivity index (χ2v) is 3.29. The molecule has 1 aliphatic carbocycles. The lowest BCUT2D eigenvalue weighted by atomic mass is 10.1. The molecule has 1 aliphatic rings. The van der Waals surface area contributed by atoms with Crippen LogP contribution in [0.4, 0.5) is 0 Å². The number of hydrogen-bond acceptors (Lipinski definition) is 3. The summed E-state index contributed by atoms with van der Waals surface area (Å²) in [6.07, 6.45) is 4.17. The molecule has 74 valence electrons. The van der Waals surface area contributed by atoms with Crippen LogP contribution < -0.4 is 11.1 Å². The first-order chi connectivity index (χ1) is 6.24. The molecular weight excluding hydrogens is 170 g/mol. The van der Waals surface area contributed by atoms with E-state index in [1.165, 1.54) is 0 Å².